The van der Waals surface area contributed by atoms with Crippen molar-refractivity contribution in [2.24, 2.45) is 5.92 Å². The number of anilines is 1. The maximum Gasteiger partial charge on any atom is 0.157 e. The molecule has 5 heteroatoms. The van der Waals surface area contributed by atoms with Crippen LogP contribution in [0.5, 0.6) is 0 Å². The minimum Gasteiger partial charge on any atom is -0.398 e. The monoisotopic (exact) mass is 301 g/mol. The molecule has 1 aromatic carbocycles. The van der Waals surface area contributed by atoms with Crippen LogP contribution in [0.2, 0.25) is 5.02 Å². The van der Waals surface area contributed by atoms with Gasteiger partial charge in [-0.25, -0.2) is 8.42 Å². The highest BCUT2D eigenvalue weighted by Crippen LogP contribution is 2.31. The fourth-order valence-corrected chi connectivity index (χ4v) is 5.00. The molecule has 1 aromatic rings. The van der Waals surface area contributed by atoms with E-state index in [1.54, 1.807) is 18.2 Å². The van der Waals surface area contributed by atoms with Gasteiger partial charge < -0.3 is 5.73 Å². The van der Waals surface area contributed by atoms with Gasteiger partial charge in [0, 0.05) is 10.7 Å². The fourth-order valence-electron chi connectivity index (χ4n) is 2.74. The summed E-state index contributed by atoms with van der Waals surface area (Å²) in [6.07, 6.45) is 3.69. The molecule has 2 rings (SSSR count). The predicted octanol–water partition coefficient (Wildman–Crippen LogP) is 3.42. The molecule has 1 aliphatic rings. The standard InChI is InChI=1S/C14H20ClNO2S/c1-10-3-2-4-13(7-10)19(17,18)9-11-5-6-12(15)8-14(11)16/h5-6,8,10,13H,2-4,7,9,16H2,1H3. The summed E-state index contributed by atoms with van der Waals surface area (Å²) in [7, 11) is -3.13. The van der Waals surface area contributed by atoms with Gasteiger partial charge in [0.15, 0.2) is 9.84 Å². The minimum absolute atomic E-state index is 0.0212. The molecule has 0 bridgehead atoms. The van der Waals surface area contributed by atoms with Gasteiger partial charge >= 0.3 is 0 Å². The number of hydrogen-bond acceptors (Lipinski definition) is 3. The Hall–Kier alpha value is -0.740. The zero-order valence-electron chi connectivity index (χ0n) is 11.1. The van der Waals surface area contributed by atoms with Gasteiger partial charge in [-0.3, -0.25) is 0 Å². The maximum atomic E-state index is 12.4. The van der Waals surface area contributed by atoms with Crippen molar-refractivity contribution in [1.82, 2.24) is 0 Å². The van der Waals surface area contributed by atoms with Crippen molar-refractivity contribution >= 4 is 27.1 Å². The molecule has 3 nitrogen and oxygen atoms in total. The van der Waals surface area contributed by atoms with E-state index in [1.807, 2.05) is 0 Å². The summed E-state index contributed by atoms with van der Waals surface area (Å²) < 4.78 is 24.9. The average molecular weight is 302 g/mol. The molecule has 1 aliphatic carbocycles. The van der Waals surface area contributed by atoms with Crippen LogP contribution >= 0.6 is 11.6 Å². The summed E-state index contributed by atoms with van der Waals surface area (Å²) >= 11 is 5.83. The van der Waals surface area contributed by atoms with Crippen LogP contribution in [0.1, 0.15) is 38.2 Å². The Kier molecular flexibility index (Phi) is 4.41. The Balaban J connectivity index is 2.16. The molecular formula is C14H20ClNO2S. The van der Waals surface area contributed by atoms with Crippen LogP contribution in [-0.2, 0) is 15.6 Å². The van der Waals surface area contributed by atoms with E-state index in [0.29, 0.717) is 22.2 Å². The molecule has 1 saturated carbocycles. The molecule has 2 unspecified atom stereocenters. The van der Waals surface area contributed by atoms with Gasteiger partial charge in [0.1, 0.15) is 0 Å². The van der Waals surface area contributed by atoms with Gasteiger partial charge in [0.25, 0.3) is 0 Å². The first-order valence-corrected chi connectivity index (χ1v) is 8.73. The van der Waals surface area contributed by atoms with Crippen molar-refractivity contribution in [2.45, 2.75) is 43.6 Å². The first kappa shape index (κ1) is 14.7. The molecule has 0 heterocycles. The third kappa shape index (κ3) is 3.63. The van der Waals surface area contributed by atoms with Crippen molar-refractivity contribution in [1.29, 1.82) is 0 Å². The first-order valence-electron chi connectivity index (χ1n) is 6.64. The van der Waals surface area contributed by atoms with E-state index >= 15 is 0 Å². The van der Waals surface area contributed by atoms with E-state index in [0.717, 1.165) is 25.7 Å². The second-order valence-corrected chi connectivity index (χ2v) is 8.26. The molecule has 1 fully saturated rings. The lowest BCUT2D eigenvalue weighted by atomic mass is 9.91. The quantitative estimate of drug-likeness (QED) is 0.870. The lowest BCUT2D eigenvalue weighted by Crippen LogP contribution is -2.28. The third-order valence-electron chi connectivity index (χ3n) is 3.86. The molecule has 106 valence electrons. The summed E-state index contributed by atoms with van der Waals surface area (Å²) in [6.45, 7) is 2.12. The van der Waals surface area contributed by atoms with E-state index in [1.165, 1.54) is 0 Å². The lowest BCUT2D eigenvalue weighted by Gasteiger charge is -2.26. The lowest BCUT2D eigenvalue weighted by molar-refractivity contribution is 0.382. The number of halogens is 1. The second kappa shape index (κ2) is 5.71. The molecule has 0 amide bonds. The highest BCUT2D eigenvalue weighted by molar-refractivity contribution is 7.91. The summed E-state index contributed by atoms with van der Waals surface area (Å²) in [5.41, 5.74) is 6.95. The zero-order chi connectivity index (χ0) is 14.0. The van der Waals surface area contributed by atoms with Crippen LogP contribution in [0, 0.1) is 5.92 Å². The SMILES string of the molecule is CC1CCCC(S(=O)(=O)Cc2ccc(Cl)cc2N)C1. The zero-order valence-corrected chi connectivity index (χ0v) is 12.7. The third-order valence-corrected chi connectivity index (χ3v) is 6.25. The van der Waals surface area contributed by atoms with Crippen molar-refractivity contribution in [2.75, 3.05) is 5.73 Å². The van der Waals surface area contributed by atoms with Crippen LogP contribution in [0.4, 0.5) is 5.69 Å². The summed E-state index contributed by atoms with van der Waals surface area (Å²) in [5, 5.41) is 0.316. The Morgan fingerprint density at radius 3 is 2.74 bits per heavy atom. The van der Waals surface area contributed by atoms with E-state index in [-0.39, 0.29) is 11.0 Å². The van der Waals surface area contributed by atoms with Crippen LogP contribution in [0.25, 0.3) is 0 Å². The van der Waals surface area contributed by atoms with Crippen molar-refractivity contribution in [3.05, 3.63) is 28.8 Å². The Labute approximate surface area is 120 Å². The fraction of sp³-hybridized carbons (Fsp3) is 0.571. The second-order valence-electron chi connectivity index (χ2n) is 5.54. The average Bonchev–Trinajstić information content (AvgIpc) is 2.33. The molecule has 0 saturated heterocycles. The van der Waals surface area contributed by atoms with E-state index in [2.05, 4.69) is 6.92 Å². The van der Waals surface area contributed by atoms with Gasteiger partial charge in [-0.15, -0.1) is 0 Å². The Morgan fingerprint density at radius 1 is 1.37 bits per heavy atom. The van der Waals surface area contributed by atoms with Gasteiger partial charge in [-0.05, 0) is 36.5 Å². The van der Waals surface area contributed by atoms with Gasteiger partial charge in [0.2, 0.25) is 0 Å². The smallest absolute Gasteiger partial charge is 0.157 e. The van der Waals surface area contributed by atoms with Crippen molar-refractivity contribution < 1.29 is 8.42 Å². The number of hydrogen-bond donors (Lipinski definition) is 1. The number of nitrogen functional groups attached to an aromatic ring is 1. The Bertz CT molecular complexity index is 557. The largest absolute Gasteiger partial charge is 0.398 e. The number of nitrogens with two attached hydrogens (primary N) is 1. The van der Waals surface area contributed by atoms with Crippen LogP contribution in [0.3, 0.4) is 0 Å². The summed E-state index contributed by atoms with van der Waals surface area (Å²) in [6, 6.07) is 5.00. The Morgan fingerprint density at radius 2 is 2.11 bits per heavy atom. The first-order chi connectivity index (χ1) is 8.88. The van der Waals surface area contributed by atoms with E-state index < -0.39 is 9.84 Å². The van der Waals surface area contributed by atoms with E-state index in [4.69, 9.17) is 17.3 Å². The van der Waals surface area contributed by atoms with Crippen LogP contribution in [-0.4, -0.2) is 13.7 Å². The number of sulfone groups is 1. The molecule has 0 radical (unpaired) electrons. The van der Waals surface area contributed by atoms with Gasteiger partial charge in [0.05, 0.1) is 11.0 Å². The molecule has 0 spiro atoms. The molecule has 0 aromatic heterocycles. The highest BCUT2D eigenvalue weighted by atomic mass is 35.5. The topological polar surface area (TPSA) is 60.2 Å². The number of rotatable bonds is 3. The van der Waals surface area contributed by atoms with Crippen LogP contribution in [0.15, 0.2) is 18.2 Å². The molecule has 2 atom stereocenters. The number of benzene rings is 1. The predicted molar refractivity (Wildman–Crippen MR) is 79.9 cm³/mol. The van der Waals surface area contributed by atoms with E-state index in [9.17, 15) is 8.42 Å². The maximum absolute atomic E-state index is 12.4. The molecule has 2 N–H and O–H groups in total. The summed E-state index contributed by atoms with van der Waals surface area (Å²) in [4.78, 5) is 0. The van der Waals surface area contributed by atoms with Gasteiger partial charge in [-0.2, -0.15) is 0 Å². The summed E-state index contributed by atoms with van der Waals surface area (Å²) in [5.74, 6) is 0.518. The molecule has 19 heavy (non-hydrogen) atoms. The van der Waals surface area contributed by atoms with Gasteiger partial charge in [-0.1, -0.05) is 37.4 Å². The molecule has 0 aliphatic heterocycles. The highest BCUT2D eigenvalue weighted by Gasteiger charge is 2.30. The molecular weight excluding hydrogens is 282 g/mol. The minimum atomic E-state index is -3.13. The van der Waals surface area contributed by atoms with Crippen molar-refractivity contribution in [3.8, 4) is 0 Å². The normalized spacial score (nSPS) is 24.3. The van der Waals surface area contributed by atoms with Crippen LogP contribution < -0.4 is 5.73 Å². The van der Waals surface area contributed by atoms with Crippen molar-refractivity contribution in [3.63, 3.8) is 0 Å².